The van der Waals surface area contributed by atoms with Gasteiger partial charge in [0.05, 0.1) is 5.54 Å². The number of carbonyl (C=O) groups excluding carboxylic acids is 1. The molecule has 1 aliphatic rings. The zero-order valence-electron chi connectivity index (χ0n) is 19.3. The molecule has 3 heteroatoms. The molecule has 4 aromatic rings. The van der Waals surface area contributed by atoms with Crippen LogP contribution in [0.25, 0.3) is 0 Å². The molecule has 1 fully saturated rings. The van der Waals surface area contributed by atoms with E-state index < -0.39 is 5.54 Å². The fourth-order valence-corrected chi connectivity index (χ4v) is 5.43. The zero-order chi connectivity index (χ0) is 23.2. The van der Waals surface area contributed by atoms with Gasteiger partial charge >= 0.3 is 0 Å². The first-order valence-corrected chi connectivity index (χ1v) is 12.1. The Balaban J connectivity index is 1.58. The average Bonchev–Trinajstić information content (AvgIpc) is 3.39. The Bertz CT molecular complexity index is 1100. The molecule has 0 spiro atoms. The molecule has 170 valence electrons. The highest BCUT2D eigenvalue weighted by atomic mass is 16.1. The van der Waals surface area contributed by atoms with Gasteiger partial charge in [0.15, 0.2) is 0 Å². The third kappa shape index (κ3) is 4.15. The molecule has 34 heavy (non-hydrogen) atoms. The first kappa shape index (κ1) is 22.1. The molecule has 1 heterocycles. The molecule has 4 aromatic carbocycles. The number of nitrogens with zero attached hydrogens (tertiary/aromatic N) is 1. The van der Waals surface area contributed by atoms with Gasteiger partial charge in [0, 0.05) is 24.7 Å². The first-order valence-electron chi connectivity index (χ1n) is 12.1. The Hall–Kier alpha value is -3.69. The smallest absolute Gasteiger partial charge is 0.251 e. The monoisotopic (exact) mass is 446 g/mol. The number of amides is 1. The van der Waals surface area contributed by atoms with Crippen LogP contribution in [0.1, 0.15) is 39.9 Å². The van der Waals surface area contributed by atoms with Crippen LogP contribution in [0.3, 0.4) is 0 Å². The predicted molar refractivity (Wildman–Crippen MR) is 138 cm³/mol. The quantitative estimate of drug-likeness (QED) is 0.360. The summed E-state index contributed by atoms with van der Waals surface area (Å²) in [5.74, 6) is -0.0165. The number of hydrogen-bond acceptors (Lipinski definition) is 2. The van der Waals surface area contributed by atoms with E-state index in [-0.39, 0.29) is 11.9 Å². The summed E-state index contributed by atoms with van der Waals surface area (Å²) in [6.07, 6.45) is 2.14. The second kappa shape index (κ2) is 10.1. The molecule has 1 unspecified atom stereocenters. The van der Waals surface area contributed by atoms with Gasteiger partial charge in [-0.3, -0.25) is 9.69 Å². The summed E-state index contributed by atoms with van der Waals surface area (Å²) in [5, 5.41) is 3.22. The number of rotatable bonds is 7. The average molecular weight is 447 g/mol. The summed E-state index contributed by atoms with van der Waals surface area (Å²) in [6, 6.07) is 42.1. The van der Waals surface area contributed by atoms with Crippen LogP contribution in [-0.2, 0) is 5.54 Å². The molecule has 1 amide bonds. The minimum absolute atomic E-state index is 0.0165. The minimum atomic E-state index is -0.442. The standard InChI is InChI=1S/C31H30N2O/c34-30(25-14-5-1-6-15-25)32-24-29-22-13-23-33(29)31(26-16-7-2-8-17-26,27-18-9-3-10-19-27)28-20-11-4-12-21-28/h1-12,14-21,29H,13,22-24H2,(H,32,34). The van der Waals surface area contributed by atoms with Crippen molar-refractivity contribution in [3.63, 3.8) is 0 Å². The van der Waals surface area contributed by atoms with Gasteiger partial charge in [0.2, 0.25) is 0 Å². The molecule has 3 nitrogen and oxygen atoms in total. The second-order valence-electron chi connectivity index (χ2n) is 8.87. The van der Waals surface area contributed by atoms with Crippen LogP contribution in [0, 0.1) is 0 Å². The molecular formula is C31H30N2O. The van der Waals surface area contributed by atoms with Crippen molar-refractivity contribution < 1.29 is 4.79 Å². The summed E-state index contributed by atoms with van der Waals surface area (Å²) in [5.41, 5.74) is 3.99. The SMILES string of the molecule is O=C(NCC1CCCN1C(c1ccccc1)(c1ccccc1)c1ccccc1)c1ccccc1. The molecule has 1 atom stereocenters. The van der Waals surface area contributed by atoms with Crippen molar-refractivity contribution >= 4 is 5.91 Å². The van der Waals surface area contributed by atoms with E-state index in [2.05, 4.69) is 101 Å². The lowest BCUT2D eigenvalue weighted by atomic mass is 9.75. The Kier molecular flexibility index (Phi) is 6.55. The van der Waals surface area contributed by atoms with Crippen LogP contribution in [0.5, 0.6) is 0 Å². The molecule has 0 bridgehead atoms. The Morgan fingerprint density at radius 3 is 1.62 bits per heavy atom. The number of hydrogen-bond donors (Lipinski definition) is 1. The van der Waals surface area contributed by atoms with Crippen molar-refractivity contribution in [3.05, 3.63) is 144 Å². The fraction of sp³-hybridized carbons (Fsp3) is 0.194. The molecule has 0 saturated carbocycles. The molecule has 1 saturated heterocycles. The molecule has 1 aliphatic heterocycles. The third-order valence-corrected chi connectivity index (χ3v) is 6.92. The van der Waals surface area contributed by atoms with Gasteiger partial charge in [0.25, 0.3) is 5.91 Å². The number of nitrogens with one attached hydrogen (secondary N) is 1. The highest BCUT2D eigenvalue weighted by Crippen LogP contribution is 2.45. The minimum Gasteiger partial charge on any atom is -0.350 e. The van der Waals surface area contributed by atoms with Crippen LogP contribution in [0.15, 0.2) is 121 Å². The van der Waals surface area contributed by atoms with Crippen LogP contribution in [-0.4, -0.2) is 29.9 Å². The van der Waals surface area contributed by atoms with Gasteiger partial charge in [0.1, 0.15) is 0 Å². The highest BCUT2D eigenvalue weighted by molar-refractivity contribution is 5.94. The maximum atomic E-state index is 12.8. The highest BCUT2D eigenvalue weighted by Gasteiger charge is 2.46. The second-order valence-corrected chi connectivity index (χ2v) is 8.87. The maximum Gasteiger partial charge on any atom is 0.251 e. The topological polar surface area (TPSA) is 32.3 Å². The lowest BCUT2D eigenvalue weighted by Crippen LogP contribution is -2.53. The van der Waals surface area contributed by atoms with Crippen molar-refractivity contribution in [1.82, 2.24) is 10.2 Å². The number of likely N-dealkylation sites (tertiary alicyclic amines) is 1. The molecule has 0 aromatic heterocycles. The summed E-state index contributed by atoms with van der Waals surface area (Å²) >= 11 is 0. The van der Waals surface area contributed by atoms with E-state index in [9.17, 15) is 4.79 Å². The van der Waals surface area contributed by atoms with Crippen LogP contribution in [0.2, 0.25) is 0 Å². The molecule has 5 rings (SSSR count). The predicted octanol–water partition coefficient (Wildman–Crippen LogP) is 5.87. The van der Waals surface area contributed by atoms with E-state index in [1.165, 1.54) is 16.7 Å². The molecule has 0 radical (unpaired) electrons. The van der Waals surface area contributed by atoms with E-state index >= 15 is 0 Å². The summed E-state index contributed by atoms with van der Waals surface area (Å²) < 4.78 is 0. The molecular weight excluding hydrogens is 416 g/mol. The largest absolute Gasteiger partial charge is 0.350 e. The van der Waals surface area contributed by atoms with Gasteiger partial charge < -0.3 is 5.32 Å². The Labute approximate surface area is 202 Å². The van der Waals surface area contributed by atoms with Gasteiger partial charge in [-0.25, -0.2) is 0 Å². The van der Waals surface area contributed by atoms with E-state index in [1.54, 1.807) is 0 Å². The lowest BCUT2D eigenvalue weighted by Gasteiger charge is -2.46. The third-order valence-electron chi connectivity index (χ3n) is 6.92. The van der Waals surface area contributed by atoms with Gasteiger partial charge in [-0.05, 0) is 41.7 Å². The molecule has 1 N–H and O–H groups in total. The van der Waals surface area contributed by atoms with Crippen LogP contribution in [0.4, 0.5) is 0 Å². The first-order chi connectivity index (χ1) is 16.8. The Morgan fingerprint density at radius 2 is 1.15 bits per heavy atom. The van der Waals surface area contributed by atoms with Crippen molar-refractivity contribution in [2.24, 2.45) is 0 Å². The van der Waals surface area contributed by atoms with Crippen molar-refractivity contribution in [2.75, 3.05) is 13.1 Å². The lowest BCUT2D eigenvalue weighted by molar-refractivity contribution is 0.0916. The Morgan fingerprint density at radius 1 is 0.706 bits per heavy atom. The number of carbonyl (C=O) groups is 1. The van der Waals surface area contributed by atoms with Crippen molar-refractivity contribution in [2.45, 2.75) is 24.4 Å². The normalized spacial score (nSPS) is 16.3. The van der Waals surface area contributed by atoms with Crippen molar-refractivity contribution in [1.29, 1.82) is 0 Å². The maximum absolute atomic E-state index is 12.8. The van der Waals surface area contributed by atoms with E-state index in [0.29, 0.717) is 12.1 Å². The summed E-state index contributed by atoms with van der Waals surface area (Å²) in [7, 11) is 0. The summed E-state index contributed by atoms with van der Waals surface area (Å²) in [6.45, 7) is 1.58. The van der Waals surface area contributed by atoms with Crippen LogP contribution < -0.4 is 5.32 Å². The fourth-order valence-electron chi connectivity index (χ4n) is 5.43. The number of benzene rings is 4. The molecule has 0 aliphatic carbocycles. The van der Waals surface area contributed by atoms with Gasteiger partial charge in [-0.2, -0.15) is 0 Å². The van der Waals surface area contributed by atoms with E-state index in [1.807, 2.05) is 30.3 Å². The van der Waals surface area contributed by atoms with E-state index in [0.717, 1.165) is 19.4 Å². The summed E-state index contributed by atoms with van der Waals surface area (Å²) in [4.78, 5) is 15.4. The van der Waals surface area contributed by atoms with Gasteiger partial charge in [-0.1, -0.05) is 109 Å². The van der Waals surface area contributed by atoms with Gasteiger partial charge in [-0.15, -0.1) is 0 Å². The van der Waals surface area contributed by atoms with E-state index in [4.69, 9.17) is 0 Å². The van der Waals surface area contributed by atoms with Crippen molar-refractivity contribution in [3.8, 4) is 0 Å². The zero-order valence-corrected chi connectivity index (χ0v) is 19.3. The van der Waals surface area contributed by atoms with Crippen LogP contribution >= 0.6 is 0 Å².